The number of hydrogen-bond donors (Lipinski definition) is 2. The first-order chi connectivity index (χ1) is 11.3. The molecule has 0 saturated carbocycles. The number of carbonyl (C=O) groups is 1. The fourth-order valence-electron chi connectivity index (χ4n) is 2.79. The number of carbonyl (C=O) groups excluding carboxylic acids is 1. The first kappa shape index (κ1) is 17.0. The van der Waals surface area contributed by atoms with Crippen LogP contribution in [0.3, 0.4) is 0 Å². The van der Waals surface area contributed by atoms with Gasteiger partial charge in [0.25, 0.3) is 5.91 Å². The largest absolute Gasteiger partial charge is 0.484 e. The molecule has 4 nitrogen and oxygen atoms in total. The van der Waals surface area contributed by atoms with Gasteiger partial charge >= 0.3 is 0 Å². The lowest BCUT2D eigenvalue weighted by atomic mass is 10.1. The molecule has 3 rings (SSSR count). The highest BCUT2D eigenvalue weighted by Gasteiger charge is 2.17. The topological polar surface area (TPSA) is 50.4 Å². The average molecular weight is 353 g/mol. The third-order valence-electron chi connectivity index (χ3n) is 4.01. The lowest BCUT2D eigenvalue weighted by Crippen LogP contribution is -2.46. The summed E-state index contributed by atoms with van der Waals surface area (Å²) in [5.74, 6) is 3.20. The summed E-state index contributed by atoms with van der Waals surface area (Å²) in [5, 5.41) is 6.31. The van der Waals surface area contributed by atoms with Crippen molar-refractivity contribution in [1.82, 2.24) is 10.6 Å². The molecule has 2 aliphatic rings. The van der Waals surface area contributed by atoms with E-state index in [1.165, 1.54) is 23.5 Å². The van der Waals surface area contributed by atoms with Crippen LogP contribution in [0.5, 0.6) is 5.75 Å². The zero-order chi connectivity index (χ0) is 15.9. The summed E-state index contributed by atoms with van der Waals surface area (Å²) in [6, 6.07) is 8.42. The van der Waals surface area contributed by atoms with Gasteiger partial charge in [-0.3, -0.25) is 4.79 Å². The van der Waals surface area contributed by atoms with Crippen molar-refractivity contribution in [3.8, 4) is 5.75 Å². The van der Waals surface area contributed by atoms with Crippen molar-refractivity contribution >= 4 is 29.4 Å². The van der Waals surface area contributed by atoms with Crippen LogP contribution in [-0.2, 0) is 4.79 Å². The Balaban J connectivity index is 1.43. The van der Waals surface area contributed by atoms with Crippen LogP contribution in [-0.4, -0.2) is 43.2 Å². The quantitative estimate of drug-likeness (QED) is 0.853. The van der Waals surface area contributed by atoms with E-state index in [9.17, 15) is 4.79 Å². The number of ether oxygens (including phenoxy) is 1. The highest BCUT2D eigenvalue weighted by molar-refractivity contribution is 8.16. The van der Waals surface area contributed by atoms with Gasteiger partial charge in [0, 0.05) is 12.6 Å². The van der Waals surface area contributed by atoms with Crippen molar-refractivity contribution in [2.75, 3.05) is 31.2 Å². The van der Waals surface area contributed by atoms with Gasteiger partial charge in [0.1, 0.15) is 5.75 Å². The van der Waals surface area contributed by atoms with Crippen molar-refractivity contribution < 1.29 is 9.53 Å². The molecule has 1 aromatic carbocycles. The van der Waals surface area contributed by atoms with Crippen LogP contribution in [0.4, 0.5) is 0 Å². The van der Waals surface area contributed by atoms with Gasteiger partial charge in [0.15, 0.2) is 6.61 Å². The summed E-state index contributed by atoms with van der Waals surface area (Å²) in [5.41, 5.74) is 1.34. The molecule has 2 aliphatic heterocycles. The molecule has 0 radical (unpaired) electrons. The second-order valence-electron chi connectivity index (χ2n) is 5.90. The molecule has 1 atom stereocenters. The summed E-state index contributed by atoms with van der Waals surface area (Å²) < 4.78 is 6.15. The average Bonchev–Trinajstić information content (AvgIpc) is 2.62. The number of nitrogens with one attached hydrogen (secondary N) is 2. The Morgan fingerprint density at radius 2 is 2.00 bits per heavy atom. The van der Waals surface area contributed by atoms with E-state index >= 15 is 0 Å². The molecular formula is C17H24N2O2S2. The highest BCUT2D eigenvalue weighted by Crippen LogP contribution is 2.43. The molecule has 2 fully saturated rings. The van der Waals surface area contributed by atoms with E-state index in [4.69, 9.17) is 4.74 Å². The number of thioether (sulfide) groups is 2. The number of rotatable bonds is 5. The third kappa shape index (κ3) is 5.33. The van der Waals surface area contributed by atoms with E-state index in [-0.39, 0.29) is 18.6 Å². The third-order valence-corrected chi connectivity index (χ3v) is 7.03. The molecule has 0 aromatic heterocycles. The van der Waals surface area contributed by atoms with Gasteiger partial charge in [0.05, 0.1) is 4.58 Å². The Morgan fingerprint density at radius 1 is 1.22 bits per heavy atom. The van der Waals surface area contributed by atoms with Gasteiger partial charge in [-0.15, -0.1) is 23.5 Å². The van der Waals surface area contributed by atoms with E-state index in [0.29, 0.717) is 4.58 Å². The Bertz CT molecular complexity index is 498. The molecular weight excluding hydrogens is 328 g/mol. The van der Waals surface area contributed by atoms with Gasteiger partial charge in [-0.05, 0) is 55.0 Å². The lowest BCUT2D eigenvalue weighted by molar-refractivity contribution is -0.123. The van der Waals surface area contributed by atoms with Crippen LogP contribution < -0.4 is 15.4 Å². The first-order valence-corrected chi connectivity index (χ1v) is 10.4. The summed E-state index contributed by atoms with van der Waals surface area (Å²) in [4.78, 5) is 11.9. The first-order valence-electron chi connectivity index (χ1n) is 8.27. The molecule has 2 saturated heterocycles. The second-order valence-corrected chi connectivity index (χ2v) is 8.62. The molecule has 0 aliphatic carbocycles. The van der Waals surface area contributed by atoms with E-state index in [1.54, 1.807) is 0 Å². The molecule has 0 unspecified atom stereocenters. The fraction of sp³-hybridized carbons (Fsp3) is 0.588. The van der Waals surface area contributed by atoms with E-state index in [1.807, 2.05) is 35.7 Å². The molecule has 1 aromatic rings. The van der Waals surface area contributed by atoms with Crippen LogP contribution in [0.25, 0.3) is 0 Å². The Labute approximate surface area is 146 Å². The zero-order valence-corrected chi connectivity index (χ0v) is 14.9. The Kier molecular flexibility index (Phi) is 6.54. The predicted molar refractivity (Wildman–Crippen MR) is 98.2 cm³/mol. The van der Waals surface area contributed by atoms with Crippen LogP contribution >= 0.6 is 23.5 Å². The summed E-state index contributed by atoms with van der Waals surface area (Å²) in [7, 11) is 0. The van der Waals surface area contributed by atoms with Crippen molar-refractivity contribution in [1.29, 1.82) is 0 Å². The molecule has 0 bridgehead atoms. The normalized spacial score (nSPS) is 22.5. The van der Waals surface area contributed by atoms with Crippen LogP contribution in [0.15, 0.2) is 24.3 Å². The molecule has 23 heavy (non-hydrogen) atoms. The summed E-state index contributed by atoms with van der Waals surface area (Å²) in [6.45, 7) is 1.99. The standard InChI is InChI=1S/C17H24N2O2S2/c20-16(19-14-3-1-8-18-11-14)12-21-15-6-4-13(5-7-15)17-22-9-2-10-23-17/h4-7,14,17-18H,1-3,8-12H2,(H,19,20)/t14-/m0/s1. The number of piperidine rings is 1. The molecule has 1 amide bonds. The number of amides is 1. The molecule has 0 spiro atoms. The maximum absolute atomic E-state index is 11.9. The van der Waals surface area contributed by atoms with Crippen molar-refractivity contribution in [2.24, 2.45) is 0 Å². The number of hydrogen-bond acceptors (Lipinski definition) is 5. The Morgan fingerprint density at radius 3 is 2.70 bits per heavy atom. The van der Waals surface area contributed by atoms with E-state index in [2.05, 4.69) is 22.8 Å². The van der Waals surface area contributed by atoms with E-state index < -0.39 is 0 Å². The Hall–Kier alpha value is -0.850. The lowest BCUT2D eigenvalue weighted by Gasteiger charge is -2.23. The van der Waals surface area contributed by atoms with Crippen molar-refractivity contribution in [2.45, 2.75) is 29.9 Å². The monoisotopic (exact) mass is 352 g/mol. The maximum Gasteiger partial charge on any atom is 0.258 e. The van der Waals surface area contributed by atoms with Crippen molar-refractivity contribution in [3.63, 3.8) is 0 Å². The van der Waals surface area contributed by atoms with Crippen LogP contribution in [0, 0.1) is 0 Å². The molecule has 6 heteroatoms. The maximum atomic E-state index is 11.9. The zero-order valence-electron chi connectivity index (χ0n) is 13.3. The second kappa shape index (κ2) is 8.85. The van der Waals surface area contributed by atoms with Gasteiger partial charge in [-0.1, -0.05) is 12.1 Å². The highest BCUT2D eigenvalue weighted by atomic mass is 32.2. The van der Waals surface area contributed by atoms with E-state index in [0.717, 1.165) is 31.7 Å². The van der Waals surface area contributed by atoms with Gasteiger partial charge < -0.3 is 15.4 Å². The van der Waals surface area contributed by atoms with Crippen LogP contribution in [0.1, 0.15) is 29.4 Å². The molecule has 2 N–H and O–H groups in total. The van der Waals surface area contributed by atoms with Crippen LogP contribution in [0.2, 0.25) is 0 Å². The van der Waals surface area contributed by atoms with Crippen molar-refractivity contribution in [3.05, 3.63) is 29.8 Å². The minimum Gasteiger partial charge on any atom is -0.484 e. The smallest absolute Gasteiger partial charge is 0.258 e. The fourth-order valence-corrected chi connectivity index (χ4v) is 5.69. The van der Waals surface area contributed by atoms with Gasteiger partial charge in [-0.2, -0.15) is 0 Å². The molecule has 2 heterocycles. The predicted octanol–water partition coefficient (Wildman–Crippen LogP) is 2.80. The minimum atomic E-state index is -0.0406. The molecule has 126 valence electrons. The SMILES string of the molecule is O=C(COc1ccc(C2SCCCS2)cc1)N[C@H]1CCCNC1. The minimum absolute atomic E-state index is 0.0406. The summed E-state index contributed by atoms with van der Waals surface area (Å²) >= 11 is 4.02. The summed E-state index contributed by atoms with van der Waals surface area (Å²) in [6.07, 6.45) is 3.47. The van der Waals surface area contributed by atoms with Gasteiger partial charge in [-0.25, -0.2) is 0 Å². The number of benzene rings is 1. The van der Waals surface area contributed by atoms with Gasteiger partial charge in [0.2, 0.25) is 0 Å².